The minimum atomic E-state index is -2.07. The number of cyclic esters (lactones) is 1. The lowest BCUT2D eigenvalue weighted by molar-refractivity contribution is -0.172. The van der Waals surface area contributed by atoms with Crippen molar-refractivity contribution in [1.82, 2.24) is 51.7 Å². The molecule has 0 bridgehead atoms. The van der Waals surface area contributed by atoms with Gasteiger partial charge in [-0.25, -0.2) is 14.2 Å². The topological polar surface area (TPSA) is 349 Å². The molecular formula is C58H65FN10O15. The summed E-state index contributed by atoms with van der Waals surface area (Å²) in [7, 11) is 0. The van der Waals surface area contributed by atoms with Crippen molar-refractivity contribution in [3.8, 4) is 11.4 Å². The van der Waals surface area contributed by atoms with Gasteiger partial charge in [0.05, 0.1) is 61.1 Å². The number of carbonyl (C=O) groups excluding carboxylic acids is 11. The Balaban J connectivity index is 0.832. The number of benzene rings is 2. The molecule has 2 aromatic carbocycles. The van der Waals surface area contributed by atoms with Crippen molar-refractivity contribution in [3.05, 3.63) is 110 Å². The highest BCUT2D eigenvalue weighted by Crippen LogP contribution is 2.46. The van der Waals surface area contributed by atoms with Gasteiger partial charge in [-0.05, 0) is 81.7 Å². The molecule has 3 aliphatic heterocycles. The molecule has 9 amide bonds. The van der Waals surface area contributed by atoms with Gasteiger partial charge < -0.3 is 56.4 Å². The van der Waals surface area contributed by atoms with E-state index in [-0.39, 0.29) is 69.5 Å². The fraction of sp³-hybridized carbons (Fsp3) is 0.431. The van der Waals surface area contributed by atoms with Gasteiger partial charge in [-0.2, -0.15) is 0 Å². The van der Waals surface area contributed by atoms with Gasteiger partial charge in [0.15, 0.2) is 5.60 Å². The number of nitrogens with one attached hydrogen (secondary N) is 7. The molecule has 0 saturated carbocycles. The maximum absolute atomic E-state index is 15.4. The molecule has 0 spiro atoms. The Hall–Kier alpha value is -9.20. The molecule has 4 aliphatic rings. The molecule has 444 valence electrons. The van der Waals surface area contributed by atoms with Gasteiger partial charge in [0, 0.05) is 67.1 Å². The zero-order valence-electron chi connectivity index (χ0n) is 46.9. The first-order valence-electron chi connectivity index (χ1n) is 27.4. The Morgan fingerprint density at radius 1 is 0.821 bits per heavy atom. The third-order valence-electron chi connectivity index (χ3n) is 14.7. The Bertz CT molecular complexity index is 3470. The average molecular weight is 1160 g/mol. The van der Waals surface area contributed by atoms with Crippen LogP contribution in [0.3, 0.4) is 0 Å². The second-order valence-corrected chi connectivity index (χ2v) is 21.8. The van der Waals surface area contributed by atoms with Crippen LogP contribution in [-0.2, 0) is 93.8 Å². The summed E-state index contributed by atoms with van der Waals surface area (Å²) in [6, 6.07) is 8.08. The third-order valence-corrected chi connectivity index (χ3v) is 14.7. The van der Waals surface area contributed by atoms with Gasteiger partial charge in [0.1, 0.15) is 30.1 Å². The molecular weight excluding hydrogens is 1100 g/mol. The number of aliphatic hydroxyl groups is 1. The molecule has 8 N–H and O–H groups in total. The lowest BCUT2D eigenvalue weighted by Crippen LogP contribution is -2.53. The van der Waals surface area contributed by atoms with Crippen molar-refractivity contribution >= 4 is 76.0 Å². The van der Waals surface area contributed by atoms with Crippen LogP contribution in [0.2, 0.25) is 0 Å². The molecule has 1 aliphatic carbocycles. The molecule has 2 aromatic heterocycles. The second-order valence-electron chi connectivity index (χ2n) is 21.8. The number of esters is 2. The number of hydrogen-bond donors (Lipinski definition) is 8. The number of halogens is 1. The molecule has 0 saturated heterocycles. The van der Waals surface area contributed by atoms with E-state index >= 15 is 4.39 Å². The van der Waals surface area contributed by atoms with E-state index in [9.17, 15) is 62.6 Å². The van der Waals surface area contributed by atoms with Gasteiger partial charge in [0.25, 0.3) is 17.4 Å². The van der Waals surface area contributed by atoms with Crippen LogP contribution in [0.5, 0.6) is 0 Å². The minimum absolute atomic E-state index is 0.0309. The molecule has 8 rings (SSSR count). The summed E-state index contributed by atoms with van der Waals surface area (Å²) in [6.07, 6.45) is 1.87. The van der Waals surface area contributed by atoms with E-state index in [2.05, 4.69) is 37.2 Å². The Morgan fingerprint density at radius 3 is 2.15 bits per heavy atom. The van der Waals surface area contributed by atoms with E-state index in [1.165, 1.54) is 10.6 Å². The lowest BCUT2D eigenvalue weighted by Gasteiger charge is -2.31. The van der Waals surface area contributed by atoms with E-state index < -0.39 is 132 Å². The first-order chi connectivity index (χ1) is 39.8. The maximum Gasteiger partial charge on any atom is 0.343 e. The Labute approximate surface area is 480 Å². The number of fused-ring (bicyclic) bond motifs is 5. The summed E-state index contributed by atoms with van der Waals surface area (Å²) in [5, 5.41) is 29.8. The van der Waals surface area contributed by atoms with Crippen molar-refractivity contribution in [2.45, 2.75) is 128 Å². The van der Waals surface area contributed by atoms with Gasteiger partial charge in [-0.1, -0.05) is 37.3 Å². The fourth-order valence-corrected chi connectivity index (χ4v) is 10.5. The van der Waals surface area contributed by atoms with Crippen molar-refractivity contribution in [2.75, 3.05) is 32.7 Å². The molecule has 5 heterocycles. The van der Waals surface area contributed by atoms with Gasteiger partial charge in [-0.15, -0.1) is 0 Å². The van der Waals surface area contributed by atoms with Crippen LogP contribution in [0.15, 0.2) is 59.4 Å². The monoisotopic (exact) mass is 1160 g/mol. The number of rotatable bonds is 23. The van der Waals surface area contributed by atoms with Crippen LogP contribution < -0.4 is 42.8 Å². The van der Waals surface area contributed by atoms with Crippen molar-refractivity contribution in [1.29, 1.82) is 0 Å². The van der Waals surface area contributed by atoms with Crippen LogP contribution in [0, 0.1) is 12.7 Å². The van der Waals surface area contributed by atoms with Gasteiger partial charge in [0.2, 0.25) is 41.4 Å². The van der Waals surface area contributed by atoms with E-state index in [0.29, 0.717) is 62.9 Å². The van der Waals surface area contributed by atoms with Crippen LogP contribution in [0.25, 0.3) is 22.3 Å². The number of hydrogen-bond acceptors (Lipinski definition) is 16. The fourth-order valence-electron chi connectivity index (χ4n) is 10.5. The number of aryl methyl sites for hydroxylation is 1. The molecule has 25 nitrogen and oxygen atoms in total. The standard InChI is InChI=1S/C58H65FN10O15/c1-6-58(82)35-22-41-52-33(28-69(41)55(80)34(35)29-83-56(58)81)51-37(15-14-32-30(2)36(59)23-38(67-52)50(32)51)64-43(71)18-19-60-44(72)25-62-53(78)39(21-31-11-8-7-9-12-31)66-46(74)27-61-45(73)26-63-54(79)40(24-49(77)84-57(3,4)5)65-42(70)13-10-20-68-47(75)16-17-48(68)76/h7-9,11-12,16-17,22-23,37,39-40,82H,6,10,13-15,18-21,24-29H2,1-5H3,(H,60,72)(H,61,73)(H,62,78)(H,63,79)(H,64,71)(H,65,70)(H,66,74)/t37-,39-,40-,58-/m0/s1. The lowest BCUT2D eigenvalue weighted by atomic mass is 9.81. The molecule has 4 atom stereocenters. The second kappa shape index (κ2) is 25.5. The first kappa shape index (κ1) is 60.9. The molecule has 0 radical (unpaired) electrons. The largest absolute Gasteiger partial charge is 0.460 e. The zero-order valence-corrected chi connectivity index (χ0v) is 46.9. The van der Waals surface area contributed by atoms with Crippen LogP contribution in [0.4, 0.5) is 4.39 Å². The summed E-state index contributed by atoms with van der Waals surface area (Å²) in [4.78, 5) is 161. The number of ether oxygens (including phenoxy) is 2. The zero-order chi connectivity index (χ0) is 60.8. The Morgan fingerprint density at radius 2 is 1.48 bits per heavy atom. The predicted octanol–water partition coefficient (Wildman–Crippen LogP) is 0.135. The molecule has 0 unspecified atom stereocenters. The minimum Gasteiger partial charge on any atom is -0.460 e. The number of nitrogens with zero attached hydrogens (tertiary/aromatic N) is 3. The smallest absolute Gasteiger partial charge is 0.343 e. The predicted molar refractivity (Wildman–Crippen MR) is 295 cm³/mol. The van der Waals surface area contributed by atoms with Gasteiger partial charge >= 0.3 is 11.9 Å². The quantitative estimate of drug-likeness (QED) is 0.0318. The van der Waals surface area contributed by atoms with E-state index in [4.69, 9.17) is 14.5 Å². The van der Waals surface area contributed by atoms with Crippen molar-refractivity contribution in [3.63, 3.8) is 0 Å². The van der Waals surface area contributed by atoms with Crippen LogP contribution in [0.1, 0.15) is 111 Å². The van der Waals surface area contributed by atoms with E-state index in [0.717, 1.165) is 17.1 Å². The number of imide groups is 1. The first-order valence-corrected chi connectivity index (χ1v) is 27.4. The number of carbonyl (C=O) groups is 11. The average Bonchev–Trinajstić information content (AvgIpc) is 2.83. The summed E-state index contributed by atoms with van der Waals surface area (Å²) in [5.74, 6) is -8.44. The van der Waals surface area contributed by atoms with Crippen LogP contribution in [-0.4, -0.2) is 135 Å². The highest BCUT2D eigenvalue weighted by Gasteiger charge is 2.46. The Kier molecular flexibility index (Phi) is 18.5. The number of aromatic nitrogens is 2. The molecule has 4 aromatic rings. The molecule has 26 heteroatoms. The number of amides is 9. The van der Waals surface area contributed by atoms with Crippen LogP contribution >= 0.6 is 0 Å². The molecule has 0 fully saturated rings. The highest BCUT2D eigenvalue weighted by atomic mass is 19.1. The SMILES string of the molecule is CC[C@@]1(O)C(=O)OCc2c1cc1n(c2=O)Cc2c-1nc1cc(F)c(C)c3c1c2[C@@H](NC(=O)CCNC(=O)CNC(=O)[C@H](Cc1ccccc1)NC(=O)CNC(=O)CNC(=O)[C@H](CC(=O)OC(C)(C)C)NC(=O)CCCN1C(=O)C=CC1=O)CC3. The summed E-state index contributed by atoms with van der Waals surface area (Å²) >= 11 is 0. The van der Waals surface area contributed by atoms with E-state index in [1.807, 2.05) is 0 Å². The van der Waals surface area contributed by atoms with Crippen molar-refractivity contribution in [2.24, 2.45) is 0 Å². The summed E-state index contributed by atoms with van der Waals surface area (Å²) in [5.41, 5.74) is 0.745. The molecule has 84 heavy (non-hydrogen) atoms. The van der Waals surface area contributed by atoms with E-state index in [1.54, 1.807) is 71.0 Å². The summed E-state index contributed by atoms with van der Waals surface area (Å²) in [6.45, 7) is 5.63. The van der Waals surface area contributed by atoms with Crippen molar-refractivity contribution < 1.29 is 71.7 Å². The van der Waals surface area contributed by atoms with Gasteiger partial charge in [-0.3, -0.25) is 57.6 Å². The maximum atomic E-state index is 15.4. The third kappa shape index (κ3) is 13.8. The summed E-state index contributed by atoms with van der Waals surface area (Å²) < 4.78 is 27.4. The highest BCUT2D eigenvalue weighted by molar-refractivity contribution is 6.13. The number of pyridine rings is 2. The normalized spacial score (nSPS) is 17.2.